The first kappa shape index (κ1) is 30.2. The van der Waals surface area contributed by atoms with Crippen molar-refractivity contribution >= 4 is 28.6 Å². The minimum absolute atomic E-state index is 0.276. The number of hydrogen-bond acceptors (Lipinski definition) is 7. The van der Waals surface area contributed by atoms with E-state index in [2.05, 4.69) is 53.8 Å². The van der Waals surface area contributed by atoms with Crippen molar-refractivity contribution in [2.24, 2.45) is 5.16 Å². The van der Waals surface area contributed by atoms with Gasteiger partial charge in [0.25, 0.3) is 5.24 Å². The van der Waals surface area contributed by atoms with Gasteiger partial charge in [0, 0.05) is 6.42 Å². The molecule has 41 heavy (non-hydrogen) atoms. The molecule has 3 aromatic carbocycles. The van der Waals surface area contributed by atoms with E-state index < -0.39 is 5.25 Å². The number of carbonyl (C=O) groups excluding carboxylic acids is 2. The molecule has 1 aliphatic heterocycles. The van der Waals surface area contributed by atoms with Crippen LogP contribution in [0.3, 0.4) is 0 Å². The van der Waals surface area contributed by atoms with Crippen LogP contribution in [-0.2, 0) is 22.5 Å². The van der Waals surface area contributed by atoms with Gasteiger partial charge in [0.2, 0.25) is 5.91 Å². The predicted octanol–water partition coefficient (Wildman–Crippen LogP) is 7.27. The molecule has 1 heterocycles. The number of hydrogen-bond donors (Lipinski definition) is 1. The summed E-state index contributed by atoms with van der Waals surface area (Å²) in [7, 11) is 1.60. The average Bonchev–Trinajstić information content (AvgIpc) is 3.33. The number of unbranched alkanes of at least 4 members (excludes halogenated alkanes) is 1. The second-order valence-corrected chi connectivity index (χ2v) is 11.0. The van der Waals surface area contributed by atoms with Gasteiger partial charge in [-0.15, -0.1) is 0 Å². The highest BCUT2D eigenvalue weighted by Gasteiger charge is 2.32. The third kappa shape index (κ3) is 9.11. The lowest BCUT2D eigenvalue weighted by Crippen LogP contribution is -2.20. The number of benzene rings is 3. The zero-order valence-corrected chi connectivity index (χ0v) is 24.6. The van der Waals surface area contributed by atoms with Crippen molar-refractivity contribution in [3.63, 3.8) is 0 Å². The van der Waals surface area contributed by atoms with Crippen molar-refractivity contribution in [3.8, 4) is 11.5 Å². The summed E-state index contributed by atoms with van der Waals surface area (Å²) in [5.41, 5.74) is 5.35. The highest BCUT2D eigenvalue weighted by Crippen LogP contribution is 2.34. The Balaban J connectivity index is 1.25. The molecule has 1 aliphatic rings. The molecule has 216 valence electrons. The Morgan fingerprint density at radius 2 is 1.68 bits per heavy atom. The molecular formula is C33H38N2O5S. The van der Waals surface area contributed by atoms with E-state index in [0.29, 0.717) is 19.0 Å². The molecule has 1 atom stereocenters. The van der Waals surface area contributed by atoms with Gasteiger partial charge in [-0.05, 0) is 96.5 Å². The summed E-state index contributed by atoms with van der Waals surface area (Å²) in [5.74, 6) is 1.33. The van der Waals surface area contributed by atoms with Crippen LogP contribution in [0.1, 0.15) is 66.5 Å². The number of thioether (sulfide) groups is 1. The maximum atomic E-state index is 11.9. The fourth-order valence-electron chi connectivity index (χ4n) is 4.73. The van der Waals surface area contributed by atoms with Gasteiger partial charge in [0.15, 0.2) is 0 Å². The van der Waals surface area contributed by atoms with Gasteiger partial charge in [-0.1, -0.05) is 61.0 Å². The number of imide groups is 1. The molecule has 1 saturated heterocycles. The molecule has 7 nitrogen and oxygen atoms in total. The van der Waals surface area contributed by atoms with Crippen LogP contribution in [0.25, 0.3) is 0 Å². The normalized spacial score (nSPS) is 15.1. The van der Waals surface area contributed by atoms with Gasteiger partial charge in [-0.25, -0.2) is 0 Å². The Morgan fingerprint density at radius 3 is 2.39 bits per heavy atom. The molecule has 4 rings (SSSR count). The SMILES string of the molecule is CCCc1cc(/C(CCCCc2ccccc2)=N\OC)ccc1OCCCOc1ccc(C2SC(=O)NC2=O)cc1. The monoisotopic (exact) mass is 574 g/mol. The molecule has 2 amide bonds. The van der Waals surface area contributed by atoms with E-state index in [1.165, 1.54) is 11.1 Å². The van der Waals surface area contributed by atoms with E-state index in [-0.39, 0.29) is 11.1 Å². The molecule has 8 heteroatoms. The molecule has 0 aromatic heterocycles. The van der Waals surface area contributed by atoms with Crippen LogP contribution in [-0.4, -0.2) is 37.2 Å². The van der Waals surface area contributed by atoms with Gasteiger partial charge in [0.1, 0.15) is 23.9 Å². The summed E-state index contributed by atoms with van der Waals surface area (Å²) in [6.07, 6.45) is 6.71. The van der Waals surface area contributed by atoms with Crippen molar-refractivity contribution < 1.29 is 23.9 Å². The van der Waals surface area contributed by atoms with E-state index in [1.54, 1.807) is 7.11 Å². The van der Waals surface area contributed by atoms with Gasteiger partial charge in [-0.3, -0.25) is 14.9 Å². The van der Waals surface area contributed by atoms with Crippen molar-refractivity contribution in [3.05, 3.63) is 95.1 Å². The standard InChI is InChI=1S/C33H38N2O5S/c1-3-10-27-23-26(29(35-38-2)14-8-7-13-24-11-5-4-6-12-24)17-20-30(27)40-22-9-21-39-28-18-15-25(16-19-28)31-32(36)34-33(37)41-31/h4-6,11-12,15-20,23,31H,3,7-10,13-14,21-22H2,1-2H3,(H,34,36,37)/b35-29-. The van der Waals surface area contributed by atoms with E-state index in [1.807, 2.05) is 36.4 Å². The zero-order chi connectivity index (χ0) is 28.9. The van der Waals surface area contributed by atoms with Crippen LogP contribution in [0.5, 0.6) is 11.5 Å². The topological polar surface area (TPSA) is 86.2 Å². The van der Waals surface area contributed by atoms with E-state index in [9.17, 15) is 9.59 Å². The van der Waals surface area contributed by atoms with Crippen LogP contribution in [0.4, 0.5) is 4.79 Å². The first-order chi connectivity index (χ1) is 20.1. The maximum Gasteiger partial charge on any atom is 0.286 e. The second kappa shape index (κ2) is 15.9. The summed E-state index contributed by atoms with van der Waals surface area (Å²) in [6.45, 7) is 3.21. The number of rotatable bonds is 16. The molecule has 0 saturated carbocycles. The maximum absolute atomic E-state index is 11.9. The molecule has 1 unspecified atom stereocenters. The lowest BCUT2D eigenvalue weighted by atomic mass is 9.98. The fraction of sp³-hybridized carbons (Fsp3) is 0.364. The Bertz CT molecular complexity index is 1310. The molecule has 3 aromatic rings. The second-order valence-electron chi connectivity index (χ2n) is 9.88. The van der Waals surface area contributed by atoms with Gasteiger partial charge in [0.05, 0.1) is 18.9 Å². The van der Waals surface area contributed by atoms with Crippen molar-refractivity contribution in [1.82, 2.24) is 5.32 Å². The van der Waals surface area contributed by atoms with Crippen LogP contribution in [0.2, 0.25) is 0 Å². The van der Waals surface area contributed by atoms with Crippen molar-refractivity contribution in [2.75, 3.05) is 20.3 Å². The lowest BCUT2D eigenvalue weighted by Gasteiger charge is -2.14. The fourth-order valence-corrected chi connectivity index (χ4v) is 5.56. The van der Waals surface area contributed by atoms with Crippen LogP contribution >= 0.6 is 11.8 Å². The van der Waals surface area contributed by atoms with Crippen LogP contribution < -0.4 is 14.8 Å². The Kier molecular flexibility index (Phi) is 11.7. The number of nitrogens with zero attached hydrogens (tertiary/aromatic N) is 1. The first-order valence-electron chi connectivity index (χ1n) is 14.2. The summed E-state index contributed by atoms with van der Waals surface area (Å²) in [4.78, 5) is 28.5. The molecular weight excluding hydrogens is 536 g/mol. The van der Waals surface area contributed by atoms with Gasteiger partial charge >= 0.3 is 0 Å². The summed E-state index contributed by atoms with van der Waals surface area (Å²) in [6, 6.07) is 24.2. The van der Waals surface area contributed by atoms with E-state index >= 15 is 0 Å². The minimum atomic E-state index is -0.495. The number of aryl methyl sites for hydroxylation is 2. The molecule has 1 fully saturated rings. The van der Waals surface area contributed by atoms with Gasteiger partial charge < -0.3 is 14.3 Å². The van der Waals surface area contributed by atoms with Crippen molar-refractivity contribution in [2.45, 2.75) is 57.1 Å². The molecule has 0 bridgehead atoms. The van der Waals surface area contributed by atoms with E-state index in [0.717, 1.165) is 79.3 Å². The lowest BCUT2D eigenvalue weighted by molar-refractivity contribution is -0.119. The third-order valence-electron chi connectivity index (χ3n) is 6.77. The first-order valence-corrected chi connectivity index (χ1v) is 15.1. The van der Waals surface area contributed by atoms with Crippen molar-refractivity contribution in [1.29, 1.82) is 0 Å². The quantitative estimate of drug-likeness (QED) is 0.110. The number of oxime groups is 1. The Labute approximate surface area is 246 Å². The van der Waals surface area contributed by atoms with Gasteiger partial charge in [-0.2, -0.15) is 0 Å². The summed E-state index contributed by atoms with van der Waals surface area (Å²) < 4.78 is 12.0. The largest absolute Gasteiger partial charge is 0.493 e. The summed E-state index contributed by atoms with van der Waals surface area (Å²) >= 11 is 0.998. The molecule has 0 aliphatic carbocycles. The Hall–Kier alpha value is -3.78. The number of carbonyl (C=O) groups is 2. The minimum Gasteiger partial charge on any atom is -0.493 e. The summed E-state index contributed by atoms with van der Waals surface area (Å²) in [5, 5.41) is 5.85. The molecule has 0 spiro atoms. The molecule has 1 N–H and O–H groups in total. The highest BCUT2D eigenvalue weighted by atomic mass is 32.2. The predicted molar refractivity (Wildman–Crippen MR) is 164 cm³/mol. The smallest absolute Gasteiger partial charge is 0.286 e. The number of amides is 2. The number of nitrogens with one attached hydrogen (secondary N) is 1. The Morgan fingerprint density at radius 1 is 0.902 bits per heavy atom. The van der Waals surface area contributed by atoms with E-state index in [4.69, 9.17) is 14.3 Å². The van der Waals surface area contributed by atoms with Crippen LogP contribution in [0.15, 0.2) is 78.0 Å². The average molecular weight is 575 g/mol. The highest BCUT2D eigenvalue weighted by molar-refractivity contribution is 8.15. The molecule has 0 radical (unpaired) electrons. The zero-order valence-electron chi connectivity index (χ0n) is 23.8. The number of ether oxygens (including phenoxy) is 2. The van der Waals surface area contributed by atoms with Crippen LogP contribution in [0, 0.1) is 0 Å². The third-order valence-corrected chi connectivity index (χ3v) is 7.81.